The van der Waals surface area contributed by atoms with Crippen LogP contribution in [-0.4, -0.2) is 49.0 Å². The third-order valence-corrected chi connectivity index (χ3v) is 6.39. The van der Waals surface area contributed by atoms with Crippen molar-refractivity contribution < 1.29 is 13.2 Å². The molecule has 0 N–H and O–H groups in total. The van der Waals surface area contributed by atoms with Crippen LogP contribution in [0.15, 0.2) is 30.7 Å². The van der Waals surface area contributed by atoms with Crippen molar-refractivity contribution >= 4 is 11.3 Å². The lowest BCUT2D eigenvalue weighted by Gasteiger charge is -2.11. The number of halogens is 3. The molecule has 0 amide bonds. The summed E-state index contributed by atoms with van der Waals surface area (Å²) in [5.74, 6) is 1.19. The summed E-state index contributed by atoms with van der Waals surface area (Å²) in [6.07, 6.45) is 2.23. The smallest absolute Gasteiger partial charge is 0.281 e. The van der Waals surface area contributed by atoms with Crippen molar-refractivity contribution in [3.63, 3.8) is 0 Å². The van der Waals surface area contributed by atoms with Crippen molar-refractivity contribution in [2.75, 3.05) is 20.1 Å². The second kappa shape index (κ2) is 6.04. The van der Waals surface area contributed by atoms with Gasteiger partial charge in [0.1, 0.15) is 5.69 Å². The molecule has 2 aliphatic rings. The Morgan fingerprint density at radius 2 is 1.80 bits per heavy atom. The molecule has 30 heavy (non-hydrogen) atoms. The third-order valence-electron chi connectivity index (χ3n) is 6.39. The van der Waals surface area contributed by atoms with Crippen LogP contribution in [0.5, 0.6) is 0 Å². The maximum absolute atomic E-state index is 14.9. The molecule has 1 saturated heterocycles. The number of nitrogens with zero attached hydrogens (tertiary/aromatic N) is 6. The molecular formula is C21H19F3N6. The highest BCUT2D eigenvalue weighted by Crippen LogP contribution is 2.57. The largest absolute Gasteiger partial charge is 0.306 e. The molecule has 0 radical (unpaired) electrons. The first-order chi connectivity index (χ1) is 14.4. The molecule has 4 aromatic rings. The number of likely N-dealkylation sites (tertiary alicyclic amines) is 1. The Balaban J connectivity index is 1.41. The maximum Gasteiger partial charge on any atom is 0.281 e. The van der Waals surface area contributed by atoms with Gasteiger partial charge in [0, 0.05) is 37.0 Å². The number of aryl methyl sites for hydroxylation is 1. The minimum absolute atomic E-state index is 0.299. The van der Waals surface area contributed by atoms with E-state index in [4.69, 9.17) is 0 Å². The monoisotopic (exact) mass is 412 g/mol. The number of alkyl halides is 2. The zero-order valence-electron chi connectivity index (χ0n) is 16.4. The van der Waals surface area contributed by atoms with Gasteiger partial charge < -0.3 is 9.30 Å². The molecule has 0 bridgehead atoms. The number of aromatic nitrogens is 5. The van der Waals surface area contributed by atoms with Crippen LogP contribution in [-0.2, 0) is 0 Å². The van der Waals surface area contributed by atoms with Gasteiger partial charge in [-0.3, -0.25) is 0 Å². The van der Waals surface area contributed by atoms with Gasteiger partial charge in [-0.25, -0.2) is 27.7 Å². The topological polar surface area (TPSA) is 50.7 Å². The Kier molecular flexibility index (Phi) is 3.60. The van der Waals surface area contributed by atoms with E-state index in [0.717, 1.165) is 18.8 Å². The van der Waals surface area contributed by atoms with E-state index < -0.39 is 12.2 Å². The van der Waals surface area contributed by atoms with Gasteiger partial charge in [0.2, 0.25) is 0 Å². The van der Waals surface area contributed by atoms with Gasteiger partial charge in [-0.2, -0.15) is 5.10 Å². The van der Waals surface area contributed by atoms with E-state index in [-0.39, 0.29) is 5.69 Å². The zero-order valence-corrected chi connectivity index (χ0v) is 16.4. The molecule has 1 unspecified atom stereocenters. The van der Waals surface area contributed by atoms with Gasteiger partial charge in [0.25, 0.3) is 6.43 Å². The van der Waals surface area contributed by atoms with Crippen LogP contribution >= 0.6 is 0 Å². The molecule has 6 nitrogen and oxygen atoms in total. The van der Waals surface area contributed by atoms with Gasteiger partial charge in [-0.1, -0.05) is 0 Å². The SMILES string of the molecule is Cc1cc(-c2cc(F)c3nc(C4[C@H]5CN(C)C[C@@H]45)cn3c2)nn2cc(C(F)F)nc12. The van der Waals surface area contributed by atoms with Crippen LogP contribution in [0.3, 0.4) is 0 Å². The summed E-state index contributed by atoms with van der Waals surface area (Å²) in [6, 6.07) is 3.13. The fourth-order valence-electron chi connectivity index (χ4n) is 4.95. The van der Waals surface area contributed by atoms with E-state index in [1.807, 2.05) is 6.20 Å². The van der Waals surface area contributed by atoms with Crippen LogP contribution in [0.2, 0.25) is 0 Å². The molecular weight excluding hydrogens is 393 g/mol. The average Bonchev–Trinajstić information content (AvgIpc) is 3.12. The van der Waals surface area contributed by atoms with E-state index in [1.54, 1.807) is 23.6 Å². The second-order valence-electron chi connectivity index (χ2n) is 8.50. The highest BCUT2D eigenvalue weighted by atomic mass is 19.3. The van der Waals surface area contributed by atoms with Crippen LogP contribution < -0.4 is 0 Å². The lowest BCUT2D eigenvalue weighted by atomic mass is 10.1. The Morgan fingerprint density at radius 1 is 1.03 bits per heavy atom. The molecule has 3 atom stereocenters. The number of rotatable bonds is 3. The van der Waals surface area contributed by atoms with Gasteiger partial charge in [-0.05, 0) is 43.5 Å². The highest BCUT2D eigenvalue weighted by Gasteiger charge is 2.56. The van der Waals surface area contributed by atoms with Crippen molar-refractivity contribution in [3.8, 4) is 11.3 Å². The quantitative estimate of drug-likeness (QED) is 0.515. The maximum atomic E-state index is 14.9. The van der Waals surface area contributed by atoms with Crippen molar-refractivity contribution in [3.05, 3.63) is 53.5 Å². The highest BCUT2D eigenvalue weighted by molar-refractivity contribution is 5.64. The van der Waals surface area contributed by atoms with Gasteiger partial charge in [0.05, 0.1) is 17.6 Å². The lowest BCUT2D eigenvalue weighted by Crippen LogP contribution is -2.18. The van der Waals surface area contributed by atoms with Crippen LogP contribution in [0.25, 0.3) is 22.6 Å². The molecule has 0 aromatic carbocycles. The van der Waals surface area contributed by atoms with Gasteiger partial charge in [-0.15, -0.1) is 0 Å². The summed E-state index contributed by atoms with van der Waals surface area (Å²) in [5, 5.41) is 4.38. The number of piperidine rings is 1. The number of fused-ring (bicyclic) bond motifs is 3. The molecule has 1 aliphatic carbocycles. The molecule has 9 heteroatoms. The summed E-state index contributed by atoms with van der Waals surface area (Å²) in [6.45, 7) is 3.90. The molecule has 5 heterocycles. The Labute approximate surface area is 170 Å². The standard InChI is InChI=1S/C21H19F3N6/c1-10-3-15(27-30-9-17(19(23)24)26-20(10)30)11-4-14(22)21-25-16(8-29(21)5-11)18-12-6-28(2)7-13(12)18/h3-5,8-9,12-13,18-19H,6-7H2,1-2H3/t12-,13+,18?. The van der Waals surface area contributed by atoms with Crippen molar-refractivity contribution in [2.24, 2.45) is 11.8 Å². The fourth-order valence-corrected chi connectivity index (χ4v) is 4.95. The van der Waals surface area contributed by atoms with E-state index in [0.29, 0.717) is 45.9 Å². The third kappa shape index (κ3) is 2.57. The van der Waals surface area contributed by atoms with Crippen molar-refractivity contribution in [1.29, 1.82) is 0 Å². The molecule has 154 valence electrons. The summed E-state index contributed by atoms with van der Waals surface area (Å²) < 4.78 is 43.9. The number of pyridine rings is 1. The molecule has 2 fully saturated rings. The minimum Gasteiger partial charge on any atom is -0.306 e. The number of hydrogen-bond donors (Lipinski definition) is 0. The Morgan fingerprint density at radius 3 is 2.53 bits per heavy atom. The summed E-state index contributed by atoms with van der Waals surface area (Å²) >= 11 is 0. The summed E-state index contributed by atoms with van der Waals surface area (Å²) in [7, 11) is 2.12. The molecule has 1 saturated carbocycles. The Bertz CT molecular complexity index is 1300. The van der Waals surface area contributed by atoms with Gasteiger partial charge >= 0.3 is 0 Å². The van der Waals surface area contributed by atoms with E-state index in [9.17, 15) is 13.2 Å². The molecule has 0 spiro atoms. The van der Waals surface area contributed by atoms with E-state index >= 15 is 0 Å². The number of hydrogen-bond acceptors (Lipinski definition) is 4. The first-order valence-corrected chi connectivity index (χ1v) is 9.91. The summed E-state index contributed by atoms with van der Waals surface area (Å²) in [5.41, 5.74) is 3.00. The predicted molar refractivity (Wildman–Crippen MR) is 104 cm³/mol. The minimum atomic E-state index is -2.67. The molecule has 1 aliphatic heterocycles. The van der Waals surface area contributed by atoms with Crippen LogP contribution in [0.1, 0.15) is 29.3 Å². The van der Waals surface area contributed by atoms with Gasteiger partial charge in [0.15, 0.2) is 17.1 Å². The van der Waals surface area contributed by atoms with Crippen LogP contribution in [0, 0.1) is 24.6 Å². The molecule has 6 rings (SSSR count). The van der Waals surface area contributed by atoms with Crippen molar-refractivity contribution in [1.82, 2.24) is 28.9 Å². The van der Waals surface area contributed by atoms with E-state index in [2.05, 4.69) is 27.0 Å². The van der Waals surface area contributed by atoms with Crippen LogP contribution in [0.4, 0.5) is 13.2 Å². The zero-order chi connectivity index (χ0) is 20.7. The average molecular weight is 412 g/mol. The predicted octanol–water partition coefficient (Wildman–Crippen LogP) is 3.70. The summed E-state index contributed by atoms with van der Waals surface area (Å²) in [4.78, 5) is 10.8. The van der Waals surface area contributed by atoms with Crippen molar-refractivity contribution in [2.45, 2.75) is 19.3 Å². The second-order valence-corrected chi connectivity index (χ2v) is 8.50. The lowest BCUT2D eigenvalue weighted by molar-refractivity contribution is 0.146. The normalized spacial score (nSPS) is 23.7. The Hall–Kier alpha value is -2.94. The first kappa shape index (κ1) is 17.9. The fraction of sp³-hybridized carbons (Fsp3) is 0.381. The first-order valence-electron chi connectivity index (χ1n) is 9.91. The van der Waals surface area contributed by atoms with E-state index in [1.165, 1.54) is 16.8 Å². The number of imidazole rings is 2. The molecule has 4 aromatic heterocycles.